The third-order valence-electron chi connectivity index (χ3n) is 4.29. The third kappa shape index (κ3) is 3.74. The van der Waals surface area contributed by atoms with Crippen molar-refractivity contribution in [1.29, 1.82) is 0 Å². The topological polar surface area (TPSA) is 24.1 Å². The second-order valence-electron chi connectivity index (χ2n) is 5.87. The summed E-state index contributed by atoms with van der Waals surface area (Å²) in [6.45, 7) is 12.9. The Labute approximate surface area is 102 Å². The van der Waals surface area contributed by atoms with Gasteiger partial charge in [-0.3, -0.25) is 0 Å². The molecule has 0 aromatic carbocycles. The Morgan fingerprint density at radius 2 is 2.06 bits per heavy atom. The predicted octanol–water partition coefficient (Wildman–Crippen LogP) is 2.79. The van der Waals surface area contributed by atoms with Gasteiger partial charge < -0.3 is 10.6 Å². The Bertz CT molecular complexity index is 183. The van der Waals surface area contributed by atoms with Gasteiger partial charge in [0.15, 0.2) is 0 Å². The van der Waals surface area contributed by atoms with Crippen molar-refractivity contribution in [3.8, 4) is 0 Å². The predicted molar refractivity (Wildman–Crippen MR) is 71.7 cm³/mol. The van der Waals surface area contributed by atoms with Crippen LogP contribution in [0.4, 0.5) is 0 Å². The molecule has 1 saturated heterocycles. The quantitative estimate of drug-likeness (QED) is 0.697. The summed E-state index contributed by atoms with van der Waals surface area (Å²) in [4.78, 5) is 0. The van der Waals surface area contributed by atoms with E-state index in [0.29, 0.717) is 11.5 Å². The van der Waals surface area contributed by atoms with E-state index in [9.17, 15) is 0 Å². The first-order chi connectivity index (χ1) is 7.60. The molecule has 0 bridgehead atoms. The van der Waals surface area contributed by atoms with Gasteiger partial charge in [0.1, 0.15) is 0 Å². The molecule has 0 aromatic rings. The molecule has 0 radical (unpaired) electrons. The monoisotopic (exact) mass is 226 g/mol. The number of rotatable bonds is 7. The largest absolute Gasteiger partial charge is 0.316 e. The lowest BCUT2D eigenvalue weighted by molar-refractivity contribution is 0.200. The Balaban J connectivity index is 2.33. The van der Waals surface area contributed by atoms with Crippen molar-refractivity contribution in [2.75, 3.05) is 19.6 Å². The molecule has 0 amide bonds. The molecular formula is C14H30N2. The van der Waals surface area contributed by atoms with Crippen LogP contribution < -0.4 is 10.6 Å². The number of nitrogens with one attached hydrogen (secondary N) is 2. The zero-order chi connectivity index (χ0) is 12.0. The molecule has 0 saturated carbocycles. The van der Waals surface area contributed by atoms with Gasteiger partial charge >= 0.3 is 0 Å². The highest BCUT2D eigenvalue weighted by Crippen LogP contribution is 2.33. The summed E-state index contributed by atoms with van der Waals surface area (Å²) in [5, 5.41) is 7.26. The molecule has 1 fully saturated rings. The van der Waals surface area contributed by atoms with Crippen molar-refractivity contribution in [3.63, 3.8) is 0 Å². The average Bonchev–Trinajstić information content (AvgIpc) is 2.73. The molecule has 1 rings (SSSR count). The van der Waals surface area contributed by atoms with Crippen molar-refractivity contribution in [2.24, 2.45) is 11.3 Å². The minimum atomic E-state index is 0.500. The molecule has 16 heavy (non-hydrogen) atoms. The molecule has 2 heteroatoms. The van der Waals surface area contributed by atoms with Gasteiger partial charge in [-0.1, -0.05) is 33.6 Å². The van der Waals surface area contributed by atoms with Crippen LogP contribution in [0.25, 0.3) is 0 Å². The van der Waals surface area contributed by atoms with E-state index in [4.69, 9.17) is 0 Å². The SMILES string of the molecule is CCCCC(C)NCC1(C(C)C)CCNC1. The van der Waals surface area contributed by atoms with E-state index in [0.717, 1.165) is 5.92 Å². The highest BCUT2D eigenvalue weighted by molar-refractivity contribution is 4.92. The fraction of sp³-hybridized carbons (Fsp3) is 1.00. The van der Waals surface area contributed by atoms with E-state index in [1.165, 1.54) is 45.3 Å². The van der Waals surface area contributed by atoms with Crippen molar-refractivity contribution < 1.29 is 0 Å². The molecule has 0 aliphatic carbocycles. The van der Waals surface area contributed by atoms with Crippen molar-refractivity contribution in [2.45, 2.75) is 59.4 Å². The van der Waals surface area contributed by atoms with E-state index < -0.39 is 0 Å². The summed E-state index contributed by atoms with van der Waals surface area (Å²) in [6, 6.07) is 0.677. The summed E-state index contributed by atoms with van der Waals surface area (Å²) in [5.74, 6) is 0.772. The van der Waals surface area contributed by atoms with Gasteiger partial charge in [-0.15, -0.1) is 0 Å². The molecule has 2 atom stereocenters. The zero-order valence-electron chi connectivity index (χ0n) is 11.6. The summed E-state index contributed by atoms with van der Waals surface area (Å²) in [7, 11) is 0. The smallest absolute Gasteiger partial charge is 0.00389 e. The fourth-order valence-corrected chi connectivity index (χ4v) is 2.60. The first kappa shape index (κ1) is 14.0. The van der Waals surface area contributed by atoms with Crippen LogP contribution >= 0.6 is 0 Å². The molecular weight excluding hydrogens is 196 g/mol. The Hall–Kier alpha value is -0.0800. The van der Waals surface area contributed by atoms with Crippen LogP contribution in [0.2, 0.25) is 0 Å². The van der Waals surface area contributed by atoms with Gasteiger partial charge in [0, 0.05) is 19.1 Å². The Kier molecular flexibility index (Phi) is 5.77. The summed E-state index contributed by atoms with van der Waals surface area (Å²) in [6.07, 6.45) is 5.31. The van der Waals surface area contributed by atoms with Crippen molar-refractivity contribution >= 4 is 0 Å². The van der Waals surface area contributed by atoms with Crippen molar-refractivity contribution in [1.82, 2.24) is 10.6 Å². The first-order valence-electron chi connectivity index (χ1n) is 7.05. The Morgan fingerprint density at radius 3 is 2.56 bits per heavy atom. The summed E-state index contributed by atoms with van der Waals surface area (Å²) >= 11 is 0. The lowest BCUT2D eigenvalue weighted by atomic mass is 9.76. The summed E-state index contributed by atoms with van der Waals surface area (Å²) in [5.41, 5.74) is 0.500. The minimum Gasteiger partial charge on any atom is -0.316 e. The molecule has 1 heterocycles. The van der Waals surface area contributed by atoms with Gasteiger partial charge in [-0.2, -0.15) is 0 Å². The van der Waals surface area contributed by atoms with Crippen LogP contribution in [0.3, 0.4) is 0 Å². The van der Waals surface area contributed by atoms with Crippen LogP contribution in [0, 0.1) is 11.3 Å². The van der Waals surface area contributed by atoms with Gasteiger partial charge in [0.25, 0.3) is 0 Å². The van der Waals surface area contributed by atoms with E-state index >= 15 is 0 Å². The highest BCUT2D eigenvalue weighted by atomic mass is 15.0. The van der Waals surface area contributed by atoms with Crippen LogP contribution in [0.5, 0.6) is 0 Å². The van der Waals surface area contributed by atoms with Crippen LogP contribution in [0.15, 0.2) is 0 Å². The average molecular weight is 226 g/mol. The second-order valence-corrected chi connectivity index (χ2v) is 5.87. The molecule has 2 unspecified atom stereocenters. The minimum absolute atomic E-state index is 0.500. The van der Waals surface area contributed by atoms with Crippen LogP contribution in [0.1, 0.15) is 53.4 Å². The van der Waals surface area contributed by atoms with E-state index in [1.807, 2.05) is 0 Å². The normalized spacial score (nSPS) is 27.6. The van der Waals surface area contributed by atoms with E-state index in [-0.39, 0.29) is 0 Å². The maximum absolute atomic E-state index is 3.74. The summed E-state index contributed by atoms with van der Waals surface area (Å²) < 4.78 is 0. The maximum atomic E-state index is 3.74. The van der Waals surface area contributed by atoms with Gasteiger partial charge in [-0.25, -0.2) is 0 Å². The molecule has 2 nitrogen and oxygen atoms in total. The highest BCUT2D eigenvalue weighted by Gasteiger charge is 2.36. The van der Waals surface area contributed by atoms with Gasteiger partial charge in [-0.05, 0) is 37.6 Å². The first-order valence-corrected chi connectivity index (χ1v) is 7.05. The number of hydrogen-bond acceptors (Lipinski definition) is 2. The van der Waals surface area contributed by atoms with E-state index in [2.05, 4.69) is 38.3 Å². The Morgan fingerprint density at radius 1 is 1.31 bits per heavy atom. The number of hydrogen-bond donors (Lipinski definition) is 2. The third-order valence-corrected chi connectivity index (χ3v) is 4.29. The van der Waals surface area contributed by atoms with E-state index in [1.54, 1.807) is 0 Å². The molecule has 0 aromatic heterocycles. The molecule has 1 aliphatic heterocycles. The fourth-order valence-electron chi connectivity index (χ4n) is 2.60. The standard InChI is InChI=1S/C14H30N2/c1-5-6-7-13(4)16-11-14(12(2)3)8-9-15-10-14/h12-13,15-16H,5-11H2,1-4H3. The van der Waals surface area contributed by atoms with Gasteiger partial charge in [0.05, 0.1) is 0 Å². The molecule has 2 N–H and O–H groups in total. The lowest BCUT2D eigenvalue weighted by Crippen LogP contribution is -2.43. The van der Waals surface area contributed by atoms with Gasteiger partial charge in [0.2, 0.25) is 0 Å². The molecule has 96 valence electrons. The molecule has 0 spiro atoms. The number of unbranched alkanes of at least 4 members (excludes halogenated alkanes) is 1. The zero-order valence-corrected chi connectivity index (χ0v) is 11.6. The molecule has 1 aliphatic rings. The maximum Gasteiger partial charge on any atom is 0.00389 e. The lowest BCUT2D eigenvalue weighted by Gasteiger charge is -2.34. The second kappa shape index (κ2) is 6.61. The van der Waals surface area contributed by atoms with Crippen LogP contribution in [-0.2, 0) is 0 Å². The van der Waals surface area contributed by atoms with Crippen LogP contribution in [-0.4, -0.2) is 25.7 Å². The van der Waals surface area contributed by atoms with Crippen molar-refractivity contribution in [3.05, 3.63) is 0 Å².